The van der Waals surface area contributed by atoms with Crippen LogP contribution in [0.2, 0.25) is 10.0 Å². The summed E-state index contributed by atoms with van der Waals surface area (Å²) in [5, 5.41) is 4.15. The Balaban J connectivity index is 2.19. The Morgan fingerprint density at radius 1 is 1.24 bits per heavy atom. The smallest absolute Gasteiger partial charge is 0.274 e. The van der Waals surface area contributed by atoms with E-state index in [-0.39, 0.29) is 5.56 Å². The molecule has 1 heterocycles. The Labute approximate surface area is 108 Å². The van der Waals surface area contributed by atoms with Crippen molar-refractivity contribution >= 4 is 23.2 Å². The van der Waals surface area contributed by atoms with E-state index in [0.29, 0.717) is 15.7 Å². The number of rotatable bonds is 1. The predicted octanol–water partition coefficient (Wildman–Crippen LogP) is 2.96. The first-order valence-corrected chi connectivity index (χ1v) is 6.20. The number of fused-ring (bicyclic) bond motifs is 1. The molecule has 0 saturated carbocycles. The topological polar surface area (TPSA) is 37.8 Å². The van der Waals surface area contributed by atoms with E-state index in [1.165, 1.54) is 4.68 Å². The van der Waals surface area contributed by atoms with Crippen molar-refractivity contribution in [3.8, 4) is 5.69 Å². The van der Waals surface area contributed by atoms with Crippen LogP contribution in [0.4, 0.5) is 0 Å². The van der Waals surface area contributed by atoms with E-state index in [9.17, 15) is 4.79 Å². The number of halogens is 2. The zero-order chi connectivity index (χ0) is 12.0. The van der Waals surface area contributed by atoms with E-state index in [0.717, 1.165) is 30.5 Å². The Morgan fingerprint density at radius 3 is 2.76 bits per heavy atom. The van der Waals surface area contributed by atoms with Crippen molar-refractivity contribution in [2.24, 2.45) is 0 Å². The summed E-state index contributed by atoms with van der Waals surface area (Å²) in [6.07, 6.45) is 2.83. The molecule has 17 heavy (non-hydrogen) atoms. The van der Waals surface area contributed by atoms with Crippen LogP contribution in [0.1, 0.15) is 17.7 Å². The molecule has 0 saturated heterocycles. The minimum absolute atomic E-state index is 0.00159. The highest BCUT2D eigenvalue weighted by Crippen LogP contribution is 2.24. The van der Waals surface area contributed by atoms with Crippen LogP contribution in [0.3, 0.4) is 0 Å². The standard InChI is InChI=1S/C12H10Cl2N2O/c13-7-4-5-11(9(14)6-7)16-12(17)8-2-1-3-10(8)15-16/h4-6,15H,1-3H2. The molecule has 0 amide bonds. The summed E-state index contributed by atoms with van der Waals surface area (Å²) < 4.78 is 1.50. The molecule has 0 radical (unpaired) electrons. The van der Waals surface area contributed by atoms with Crippen molar-refractivity contribution in [1.29, 1.82) is 0 Å². The molecule has 1 aliphatic carbocycles. The molecule has 0 atom stereocenters. The fourth-order valence-corrected chi connectivity index (χ4v) is 2.75. The van der Waals surface area contributed by atoms with Gasteiger partial charge in [0.1, 0.15) is 0 Å². The second-order valence-electron chi connectivity index (χ2n) is 4.16. The molecule has 5 heteroatoms. The van der Waals surface area contributed by atoms with E-state index in [1.807, 2.05) is 0 Å². The second-order valence-corrected chi connectivity index (χ2v) is 5.00. The maximum atomic E-state index is 12.1. The minimum atomic E-state index is 0.00159. The first-order valence-electron chi connectivity index (χ1n) is 5.45. The fourth-order valence-electron chi connectivity index (χ4n) is 2.26. The zero-order valence-electron chi connectivity index (χ0n) is 8.96. The van der Waals surface area contributed by atoms with Crippen molar-refractivity contribution in [2.45, 2.75) is 19.3 Å². The highest BCUT2D eigenvalue weighted by atomic mass is 35.5. The summed E-state index contributed by atoms with van der Waals surface area (Å²) in [6.45, 7) is 0. The Kier molecular flexibility index (Phi) is 2.53. The van der Waals surface area contributed by atoms with Gasteiger partial charge in [-0.15, -0.1) is 0 Å². The Hall–Kier alpha value is -1.19. The molecular formula is C12H10Cl2N2O. The van der Waals surface area contributed by atoms with Crippen molar-refractivity contribution in [2.75, 3.05) is 0 Å². The lowest BCUT2D eigenvalue weighted by molar-refractivity contribution is 0.780. The number of benzene rings is 1. The number of hydrogen-bond acceptors (Lipinski definition) is 1. The molecule has 1 aromatic heterocycles. The van der Waals surface area contributed by atoms with Gasteiger partial charge in [-0.3, -0.25) is 9.89 Å². The average molecular weight is 269 g/mol. The molecule has 1 aromatic carbocycles. The number of aromatic amines is 1. The monoisotopic (exact) mass is 268 g/mol. The molecule has 0 spiro atoms. The van der Waals surface area contributed by atoms with E-state index in [2.05, 4.69) is 5.10 Å². The maximum absolute atomic E-state index is 12.1. The van der Waals surface area contributed by atoms with Crippen LogP contribution in [0, 0.1) is 0 Å². The summed E-state index contributed by atoms with van der Waals surface area (Å²) in [7, 11) is 0. The summed E-state index contributed by atoms with van der Waals surface area (Å²) in [6, 6.07) is 5.11. The SMILES string of the molecule is O=c1c2c([nH]n1-c1ccc(Cl)cc1Cl)CCC2. The van der Waals surface area contributed by atoms with Gasteiger partial charge < -0.3 is 0 Å². The van der Waals surface area contributed by atoms with Crippen LogP contribution in [0.5, 0.6) is 0 Å². The molecule has 1 N–H and O–H groups in total. The number of nitrogens with one attached hydrogen (secondary N) is 1. The average Bonchev–Trinajstić information content (AvgIpc) is 2.83. The van der Waals surface area contributed by atoms with Crippen LogP contribution < -0.4 is 5.56 Å². The molecule has 3 nitrogen and oxygen atoms in total. The van der Waals surface area contributed by atoms with E-state index < -0.39 is 0 Å². The van der Waals surface area contributed by atoms with Crippen molar-refractivity contribution in [3.05, 3.63) is 49.9 Å². The first-order chi connectivity index (χ1) is 8.16. The summed E-state index contributed by atoms with van der Waals surface area (Å²) in [4.78, 5) is 12.1. The number of H-pyrrole nitrogens is 1. The molecule has 0 aliphatic heterocycles. The molecule has 2 aromatic rings. The minimum Gasteiger partial charge on any atom is -0.295 e. The van der Waals surface area contributed by atoms with Gasteiger partial charge in [-0.25, -0.2) is 4.68 Å². The molecule has 0 fully saturated rings. The van der Waals surface area contributed by atoms with Gasteiger partial charge in [-0.2, -0.15) is 0 Å². The van der Waals surface area contributed by atoms with Gasteiger partial charge in [0.05, 0.1) is 10.7 Å². The summed E-state index contributed by atoms with van der Waals surface area (Å²) in [5.41, 5.74) is 2.56. The normalized spacial score (nSPS) is 14.0. The van der Waals surface area contributed by atoms with E-state index in [4.69, 9.17) is 23.2 Å². The molecule has 1 aliphatic rings. The summed E-state index contributed by atoms with van der Waals surface area (Å²) in [5.74, 6) is 0. The Bertz CT molecular complexity index is 642. The van der Waals surface area contributed by atoms with Crippen LogP contribution >= 0.6 is 23.2 Å². The fraction of sp³-hybridized carbons (Fsp3) is 0.250. The van der Waals surface area contributed by atoms with Gasteiger partial charge in [-0.05, 0) is 37.5 Å². The largest absolute Gasteiger partial charge is 0.295 e. The highest BCUT2D eigenvalue weighted by molar-refractivity contribution is 6.35. The van der Waals surface area contributed by atoms with Gasteiger partial charge in [-0.1, -0.05) is 23.2 Å². The molecule has 0 bridgehead atoms. The van der Waals surface area contributed by atoms with Crippen molar-refractivity contribution in [3.63, 3.8) is 0 Å². The quantitative estimate of drug-likeness (QED) is 0.849. The zero-order valence-corrected chi connectivity index (χ0v) is 10.5. The first kappa shape index (κ1) is 10.9. The molecule has 88 valence electrons. The van der Waals surface area contributed by atoms with Gasteiger partial charge in [0.15, 0.2) is 0 Å². The third kappa shape index (κ3) is 1.70. The van der Waals surface area contributed by atoms with E-state index >= 15 is 0 Å². The van der Waals surface area contributed by atoms with Crippen LogP contribution in [0.25, 0.3) is 5.69 Å². The van der Waals surface area contributed by atoms with Crippen molar-refractivity contribution in [1.82, 2.24) is 9.78 Å². The Morgan fingerprint density at radius 2 is 2.06 bits per heavy atom. The molecule has 3 rings (SSSR count). The van der Waals surface area contributed by atoms with Gasteiger partial charge in [0.2, 0.25) is 0 Å². The van der Waals surface area contributed by atoms with Gasteiger partial charge in [0.25, 0.3) is 5.56 Å². The van der Waals surface area contributed by atoms with E-state index in [1.54, 1.807) is 18.2 Å². The number of hydrogen-bond donors (Lipinski definition) is 1. The lowest BCUT2D eigenvalue weighted by Gasteiger charge is -2.05. The van der Waals surface area contributed by atoms with Gasteiger partial charge in [0, 0.05) is 16.3 Å². The van der Waals surface area contributed by atoms with Crippen LogP contribution in [-0.2, 0) is 12.8 Å². The molecular weight excluding hydrogens is 259 g/mol. The number of nitrogens with zero attached hydrogens (tertiary/aromatic N) is 1. The molecule has 0 unspecified atom stereocenters. The second kappa shape index (κ2) is 3.93. The van der Waals surface area contributed by atoms with Gasteiger partial charge >= 0.3 is 0 Å². The summed E-state index contributed by atoms with van der Waals surface area (Å²) >= 11 is 11.9. The highest BCUT2D eigenvalue weighted by Gasteiger charge is 2.20. The number of aromatic nitrogens is 2. The third-order valence-corrected chi connectivity index (χ3v) is 3.61. The lowest BCUT2D eigenvalue weighted by Crippen LogP contribution is -2.17. The van der Waals surface area contributed by atoms with Crippen LogP contribution in [0.15, 0.2) is 23.0 Å². The maximum Gasteiger partial charge on any atom is 0.274 e. The number of aryl methyl sites for hydroxylation is 1. The third-order valence-electron chi connectivity index (χ3n) is 3.08. The van der Waals surface area contributed by atoms with Crippen molar-refractivity contribution < 1.29 is 0 Å². The predicted molar refractivity (Wildman–Crippen MR) is 68.4 cm³/mol. The van der Waals surface area contributed by atoms with Crippen LogP contribution in [-0.4, -0.2) is 9.78 Å². The lowest BCUT2D eigenvalue weighted by atomic mass is 10.3.